The maximum atomic E-state index is 13.8. The smallest absolute Gasteiger partial charge is 0.338 e. The number of fused-ring (bicyclic) bond motifs is 1. The van der Waals surface area contributed by atoms with Crippen molar-refractivity contribution in [3.05, 3.63) is 110 Å². The second-order valence-electron chi connectivity index (χ2n) is 8.73. The number of aromatic nitrogens is 1. The lowest BCUT2D eigenvalue weighted by molar-refractivity contribution is -0.139. The van der Waals surface area contributed by atoms with Crippen molar-refractivity contribution in [1.29, 1.82) is 0 Å². The van der Waals surface area contributed by atoms with Gasteiger partial charge in [0.25, 0.3) is 5.56 Å². The first-order chi connectivity index (χ1) is 19.3. The SMILES string of the molecule is CCOC(=O)C1=C(C)N=c2s/c(=C\c3cc(Br)c(OCc4ccccc4Cl)c(OC)c3)c(=O)n2[C@H]1c1cccs1. The van der Waals surface area contributed by atoms with Crippen molar-refractivity contribution in [3.63, 3.8) is 0 Å². The first kappa shape index (κ1) is 28.4. The maximum absolute atomic E-state index is 13.8. The Bertz CT molecular complexity index is 1790. The van der Waals surface area contributed by atoms with Gasteiger partial charge in [0, 0.05) is 15.5 Å². The molecular formula is C29H24BrClN2O5S2. The molecule has 0 amide bonds. The van der Waals surface area contributed by atoms with E-state index in [-0.39, 0.29) is 18.8 Å². The highest BCUT2D eigenvalue weighted by molar-refractivity contribution is 9.10. The van der Waals surface area contributed by atoms with E-state index in [1.807, 2.05) is 47.8 Å². The maximum Gasteiger partial charge on any atom is 0.338 e. The number of carbonyl (C=O) groups excluding carboxylic acids is 1. The van der Waals surface area contributed by atoms with Crippen LogP contribution in [0.25, 0.3) is 6.08 Å². The van der Waals surface area contributed by atoms with Gasteiger partial charge in [-0.1, -0.05) is 47.2 Å². The third-order valence-corrected chi connectivity index (χ3v) is 9.07. The lowest BCUT2D eigenvalue weighted by atomic mass is 10.0. The Labute approximate surface area is 251 Å². The van der Waals surface area contributed by atoms with Crippen molar-refractivity contribution in [2.75, 3.05) is 13.7 Å². The van der Waals surface area contributed by atoms with Gasteiger partial charge in [0.15, 0.2) is 16.3 Å². The molecule has 0 radical (unpaired) electrons. The number of rotatable bonds is 8. The summed E-state index contributed by atoms with van der Waals surface area (Å²) < 4.78 is 19.7. The van der Waals surface area contributed by atoms with Crippen LogP contribution in [0.1, 0.15) is 35.9 Å². The summed E-state index contributed by atoms with van der Waals surface area (Å²) >= 11 is 12.6. The van der Waals surface area contributed by atoms with Gasteiger partial charge in [-0.05, 0) is 71.1 Å². The molecule has 0 fully saturated rings. The molecule has 0 bridgehead atoms. The topological polar surface area (TPSA) is 79.1 Å². The van der Waals surface area contributed by atoms with Gasteiger partial charge < -0.3 is 14.2 Å². The van der Waals surface area contributed by atoms with E-state index in [4.69, 9.17) is 25.8 Å². The molecule has 206 valence electrons. The average Bonchev–Trinajstić information content (AvgIpc) is 3.56. The van der Waals surface area contributed by atoms with Crippen LogP contribution in [0.2, 0.25) is 5.02 Å². The van der Waals surface area contributed by atoms with E-state index in [2.05, 4.69) is 20.9 Å². The highest BCUT2D eigenvalue weighted by Crippen LogP contribution is 2.38. The normalized spacial score (nSPS) is 15.0. The lowest BCUT2D eigenvalue weighted by Crippen LogP contribution is -2.39. The summed E-state index contributed by atoms with van der Waals surface area (Å²) in [4.78, 5) is 32.7. The van der Waals surface area contributed by atoms with E-state index in [1.165, 1.54) is 22.7 Å². The highest BCUT2D eigenvalue weighted by atomic mass is 79.9. The van der Waals surface area contributed by atoms with Gasteiger partial charge in [0.2, 0.25) is 0 Å². The molecular weight excluding hydrogens is 636 g/mol. The van der Waals surface area contributed by atoms with Crippen LogP contribution in [0, 0.1) is 0 Å². The molecule has 11 heteroatoms. The predicted octanol–water partition coefficient (Wildman–Crippen LogP) is 5.86. The van der Waals surface area contributed by atoms with Crippen molar-refractivity contribution in [2.45, 2.75) is 26.5 Å². The monoisotopic (exact) mass is 658 g/mol. The number of carbonyl (C=O) groups is 1. The molecule has 1 aliphatic heterocycles. The summed E-state index contributed by atoms with van der Waals surface area (Å²) in [5.41, 5.74) is 2.24. The van der Waals surface area contributed by atoms with Gasteiger partial charge in [-0.15, -0.1) is 11.3 Å². The average molecular weight is 660 g/mol. The summed E-state index contributed by atoms with van der Waals surface area (Å²) in [6.45, 7) is 4.01. The fraction of sp³-hybridized carbons (Fsp3) is 0.207. The third kappa shape index (κ3) is 5.54. The van der Waals surface area contributed by atoms with Crippen LogP contribution < -0.4 is 24.4 Å². The van der Waals surface area contributed by atoms with Crippen LogP contribution in [0.15, 0.2) is 79.4 Å². The number of thiazole rings is 1. The summed E-state index contributed by atoms with van der Waals surface area (Å²) in [6.07, 6.45) is 1.78. The van der Waals surface area contributed by atoms with E-state index in [0.717, 1.165) is 16.0 Å². The van der Waals surface area contributed by atoms with Crippen molar-refractivity contribution < 1.29 is 19.0 Å². The largest absolute Gasteiger partial charge is 0.493 e. The minimum atomic E-state index is -0.612. The fourth-order valence-corrected chi connectivity index (χ4v) is 7.02. The Hall–Kier alpha value is -3.18. The standard InChI is InChI=1S/C29H24BrClN2O5S2/c1-4-37-28(35)24-16(2)32-29-33(25(24)22-10-7-11-39-22)27(34)23(40-29)14-17-12-19(30)26(21(13-17)36-3)38-15-18-8-5-6-9-20(18)31/h5-14,25H,4,15H2,1-3H3/b23-14-/t25-/m0/s1. The molecule has 2 aromatic heterocycles. The van der Waals surface area contributed by atoms with Gasteiger partial charge in [-0.3, -0.25) is 9.36 Å². The molecule has 0 N–H and O–H groups in total. The Balaban J connectivity index is 1.56. The van der Waals surface area contributed by atoms with E-state index >= 15 is 0 Å². The van der Waals surface area contributed by atoms with E-state index < -0.39 is 12.0 Å². The van der Waals surface area contributed by atoms with Crippen LogP contribution >= 0.6 is 50.2 Å². The number of thiophene rings is 1. The van der Waals surface area contributed by atoms with Crippen molar-refractivity contribution in [1.82, 2.24) is 4.57 Å². The summed E-state index contributed by atoms with van der Waals surface area (Å²) in [7, 11) is 1.56. The number of esters is 1. The van der Waals surface area contributed by atoms with Crippen LogP contribution in [0.3, 0.4) is 0 Å². The molecule has 0 spiro atoms. The molecule has 0 aliphatic carbocycles. The first-order valence-electron chi connectivity index (χ1n) is 12.3. The second-order valence-corrected chi connectivity index (χ2v) is 12.0. The zero-order valence-electron chi connectivity index (χ0n) is 21.8. The number of halogens is 2. The first-order valence-corrected chi connectivity index (χ1v) is 15.2. The molecule has 0 saturated carbocycles. The van der Waals surface area contributed by atoms with Crippen LogP contribution in [-0.4, -0.2) is 24.3 Å². The molecule has 1 aliphatic rings. The minimum absolute atomic E-state index is 0.228. The Kier molecular flexibility index (Phi) is 8.60. The Morgan fingerprint density at radius 3 is 2.73 bits per heavy atom. The zero-order chi connectivity index (χ0) is 28.4. The molecule has 4 aromatic rings. The molecule has 7 nitrogen and oxygen atoms in total. The minimum Gasteiger partial charge on any atom is -0.493 e. The molecule has 40 heavy (non-hydrogen) atoms. The molecule has 1 atom stereocenters. The Morgan fingerprint density at radius 2 is 2.02 bits per heavy atom. The number of hydrogen-bond acceptors (Lipinski definition) is 8. The number of methoxy groups -OCH3 is 1. The second kappa shape index (κ2) is 12.1. The van der Waals surface area contributed by atoms with Gasteiger partial charge in [0.05, 0.1) is 34.0 Å². The molecule has 5 rings (SSSR count). The van der Waals surface area contributed by atoms with E-state index in [1.54, 1.807) is 37.7 Å². The van der Waals surface area contributed by atoms with Crippen LogP contribution in [-0.2, 0) is 16.1 Å². The van der Waals surface area contributed by atoms with Crippen molar-refractivity contribution in [3.8, 4) is 11.5 Å². The van der Waals surface area contributed by atoms with Gasteiger partial charge in [-0.2, -0.15) is 0 Å². The van der Waals surface area contributed by atoms with E-state index in [9.17, 15) is 9.59 Å². The number of ether oxygens (including phenoxy) is 3. The molecule has 0 saturated heterocycles. The molecule has 3 heterocycles. The molecule has 0 unspecified atom stereocenters. The lowest BCUT2D eigenvalue weighted by Gasteiger charge is -2.23. The van der Waals surface area contributed by atoms with Crippen LogP contribution in [0.5, 0.6) is 11.5 Å². The summed E-state index contributed by atoms with van der Waals surface area (Å²) in [5, 5.41) is 2.54. The summed E-state index contributed by atoms with van der Waals surface area (Å²) in [6, 6.07) is 14.3. The van der Waals surface area contributed by atoms with Crippen molar-refractivity contribution >= 4 is 62.2 Å². The third-order valence-electron chi connectivity index (χ3n) is 6.21. The number of hydrogen-bond donors (Lipinski definition) is 0. The summed E-state index contributed by atoms with van der Waals surface area (Å²) in [5.74, 6) is 0.545. The van der Waals surface area contributed by atoms with E-state index in [0.29, 0.717) is 41.6 Å². The Morgan fingerprint density at radius 1 is 1.23 bits per heavy atom. The zero-order valence-corrected chi connectivity index (χ0v) is 25.7. The number of nitrogens with zero attached hydrogens (tertiary/aromatic N) is 2. The fourth-order valence-electron chi connectivity index (χ4n) is 4.39. The highest BCUT2D eigenvalue weighted by Gasteiger charge is 2.33. The quantitative estimate of drug-likeness (QED) is 0.222. The van der Waals surface area contributed by atoms with Crippen molar-refractivity contribution in [2.24, 2.45) is 4.99 Å². The van der Waals surface area contributed by atoms with Gasteiger partial charge >= 0.3 is 5.97 Å². The van der Waals surface area contributed by atoms with Crippen LogP contribution in [0.4, 0.5) is 0 Å². The van der Waals surface area contributed by atoms with Gasteiger partial charge in [-0.25, -0.2) is 9.79 Å². The number of benzene rings is 2. The number of allylic oxidation sites excluding steroid dienone is 1. The molecule has 2 aromatic carbocycles. The predicted molar refractivity (Wildman–Crippen MR) is 161 cm³/mol. The van der Waals surface area contributed by atoms with Gasteiger partial charge in [0.1, 0.15) is 12.6 Å².